The third-order valence-corrected chi connectivity index (χ3v) is 5.22. The van der Waals surface area contributed by atoms with Crippen molar-refractivity contribution in [2.75, 3.05) is 0 Å². The lowest BCUT2D eigenvalue weighted by Crippen LogP contribution is -2.04. The summed E-state index contributed by atoms with van der Waals surface area (Å²) in [5, 5.41) is 0. The topological polar surface area (TPSA) is 0 Å². The Kier molecular flexibility index (Phi) is 5.27. The first-order valence-corrected chi connectivity index (χ1v) is 8.73. The first-order chi connectivity index (χ1) is 9.97. The zero-order valence-electron chi connectivity index (χ0n) is 13.8. The summed E-state index contributed by atoms with van der Waals surface area (Å²) in [6.45, 7) is 11.1. The van der Waals surface area contributed by atoms with Crippen LogP contribution in [0.1, 0.15) is 57.6 Å². The van der Waals surface area contributed by atoms with Gasteiger partial charge in [-0.2, -0.15) is 0 Å². The largest absolute Gasteiger partial charge is 0.0786 e. The third-order valence-electron chi connectivity index (χ3n) is 4.26. The Morgan fingerprint density at radius 2 is 1.52 bits per heavy atom. The number of benzene rings is 2. The van der Waals surface area contributed by atoms with Gasteiger partial charge in [0.1, 0.15) is 0 Å². The third kappa shape index (κ3) is 3.40. The molecule has 0 aromatic heterocycles. The van der Waals surface area contributed by atoms with Gasteiger partial charge in [0.2, 0.25) is 0 Å². The Hall–Kier alpha value is -1.08. The van der Waals surface area contributed by atoms with Crippen molar-refractivity contribution in [1.29, 1.82) is 0 Å². The summed E-state index contributed by atoms with van der Waals surface area (Å²) in [7, 11) is 0. The van der Waals surface area contributed by atoms with Crippen molar-refractivity contribution < 1.29 is 0 Å². The summed E-state index contributed by atoms with van der Waals surface area (Å²) >= 11 is 3.98. The maximum absolute atomic E-state index is 3.98. The van der Waals surface area contributed by atoms with Crippen LogP contribution in [0.3, 0.4) is 0 Å². The van der Waals surface area contributed by atoms with Crippen molar-refractivity contribution in [2.24, 2.45) is 0 Å². The highest BCUT2D eigenvalue weighted by atomic mass is 79.9. The van der Waals surface area contributed by atoms with E-state index in [-0.39, 0.29) is 4.83 Å². The molecular weight excluding hydrogens is 320 g/mol. The molecule has 0 radical (unpaired) electrons. The number of hydrogen-bond donors (Lipinski definition) is 0. The summed E-state index contributed by atoms with van der Waals surface area (Å²) in [5.41, 5.74) is 9.78. The molecule has 1 atom stereocenters. The first-order valence-electron chi connectivity index (χ1n) is 7.81. The van der Waals surface area contributed by atoms with E-state index in [9.17, 15) is 0 Å². The van der Waals surface area contributed by atoms with Crippen molar-refractivity contribution in [3.63, 3.8) is 0 Å². The lowest BCUT2D eigenvalue weighted by atomic mass is 9.90. The predicted octanol–water partition coefficient (Wildman–Crippen LogP) is 6.22. The van der Waals surface area contributed by atoms with E-state index in [0.717, 1.165) is 12.8 Å². The normalized spacial score (nSPS) is 12.5. The van der Waals surface area contributed by atoms with Gasteiger partial charge in [-0.25, -0.2) is 0 Å². The van der Waals surface area contributed by atoms with Gasteiger partial charge in [0.05, 0.1) is 4.83 Å². The molecule has 2 rings (SSSR count). The Labute approximate surface area is 137 Å². The van der Waals surface area contributed by atoms with E-state index in [1.54, 1.807) is 0 Å². The molecule has 0 amide bonds. The van der Waals surface area contributed by atoms with Crippen LogP contribution in [0.5, 0.6) is 0 Å². The molecule has 0 N–H and O–H groups in total. The summed E-state index contributed by atoms with van der Waals surface area (Å²) < 4.78 is 0. The molecular formula is C20H25Br. The van der Waals surface area contributed by atoms with Gasteiger partial charge >= 0.3 is 0 Å². The van der Waals surface area contributed by atoms with Crippen LogP contribution in [0.15, 0.2) is 30.3 Å². The van der Waals surface area contributed by atoms with Gasteiger partial charge in [0.25, 0.3) is 0 Å². The summed E-state index contributed by atoms with van der Waals surface area (Å²) in [6, 6.07) is 11.5. The van der Waals surface area contributed by atoms with Crippen LogP contribution in [0, 0.1) is 20.8 Å². The number of aryl methyl sites for hydroxylation is 5. The average molecular weight is 345 g/mol. The molecule has 0 aliphatic carbocycles. The quantitative estimate of drug-likeness (QED) is 0.577. The van der Waals surface area contributed by atoms with Gasteiger partial charge in [0, 0.05) is 0 Å². The molecule has 0 nitrogen and oxygen atoms in total. The average Bonchev–Trinajstić information content (AvgIpc) is 2.45. The van der Waals surface area contributed by atoms with Crippen molar-refractivity contribution >= 4 is 15.9 Å². The van der Waals surface area contributed by atoms with E-state index in [1.807, 2.05) is 0 Å². The molecule has 0 saturated carbocycles. The molecule has 1 heteroatoms. The number of alkyl halides is 1. The molecule has 0 aliphatic rings. The first kappa shape index (κ1) is 16.3. The Morgan fingerprint density at radius 3 is 2.05 bits per heavy atom. The summed E-state index contributed by atoms with van der Waals surface area (Å²) in [6.07, 6.45) is 2.16. The molecule has 0 bridgehead atoms. The molecule has 2 aromatic rings. The zero-order valence-corrected chi connectivity index (χ0v) is 15.3. The standard InChI is InChI=1S/C20H25Br/c1-6-16-8-9-17(7-2)18(12-16)20(21)19-14(4)10-13(3)11-15(19)5/h8-12,20H,6-7H2,1-5H3. The van der Waals surface area contributed by atoms with Crippen LogP contribution in [0.2, 0.25) is 0 Å². The molecule has 0 aliphatic heterocycles. The van der Waals surface area contributed by atoms with Crippen LogP contribution >= 0.6 is 15.9 Å². The van der Waals surface area contributed by atoms with Gasteiger partial charge in [-0.1, -0.05) is 65.7 Å². The van der Waals surface area contributed by atoms with E-state index in [0.29, 0.717) is 0 Å². The molecule has 2 aromatic carbocycles. The number of rotatable bonds is 4. The minimum atomic E-state index is 0.277. The van der Waals surface area contributed by atoms with Gasteiger partial charge in [-0.15, -0.1) is 0 Å². The van der Waals surface area contributed by atoms with Crippen LogP contribution in [-0.4, -0.2) is 0 Å². The minimum absolute atomic E-state index is 0.277. The van der Waals surface area contributed by atoms with Crippen molar-refractivity contribution in [1.82, 2.24) is 0 Å². The van der Waals surface area contributed by atoms with E-state index < -0.39 is 0 Å². The van der Waals surface area contributed by atoms with Crippen LogP contribution < -0.4 is 0 Å². The fourth-order valence-electron chi connectivity index (χ4n) is 3.17. The van der Waals surface area contributed by atoms with Gasteiger partial charge < -0.3 is 0 Å². The Bertz CT molecular complexity index is 617. The van der Waals surface area contributed by atoms with Crippen LogP contribution in [-0.2, 0) is 12.8 Å². The highest BCUT2D eigenvalue weighted by Crippen LogP contribution is 2.37. The van der Waals surface area contributed by atoms with E-state index in [1.165, 1.54) is 38.9 Å². The monoisotopic (exact) mass is 344 g/mol. The molecule has 112 valence electrons. The summed E-state index contributed by atoms with van der Waals surface area (Å²) in [5.74, 6) is 0. The molecule has 0 saturated heterocycles. The van der Waals surface area contributed by atoms with E-state index >= 15 is 0 Å². The second-order valence-corrected chi connectivity index (χ2v) is 6.83. The highest BCUT2D eigenvalue weighted by molar-refractivity contribution is 9.09. The Morgan fingerprint density at radius 1 is 0.905 bits per heavy atom. The number of halogens is 1. The van der Waals surface area contributed by atoms with Gasteiger partial charge in [-0.3, -0.25) is 0 Å². The lowest BCUT2D eigenvalue weighted by Gasteiger charge is -2.21. The molecule has 0 fully saturated rings. The van der Waals surface area contributed by atoms with Crippen molar-refractivity contribution in [3.8, 4) is 0 Å². The van der Waals surface area contributed by atoms with E-state index in [2.05, 4.69) is 80.9 Å². The molecule has 1 unspecified atom stereocenters. The zero-order chi connectivity index (χ0) is 15.6. The highest BCUT2D eigenvalue weighted by Gasteiger charge is 2.18. The van der Waals surface area contributed by atoms with Gasteiger partial charge in [-0.05, 0) is 67.0 Å². The van der Waals surface area contributed by atoms with Crippen molar-refractivity contribution in [2.45, 2.75) is 52.3 Å². The SMILES string of the molecule is CCc1ccc(CC)c(C(Br)c2c(C)cc(C)cc2C)c1. The second kappa shape index (κ2) is 6.79. The smallest absolute Gasteiger partial charge is 0.0652 e. The fourth-order valence-corrected chi connectivity index (χ4v) is 4.32. The maximum atomic E-state index is 3.98. The molecule has 21 heavy (non-hydrogen) atoms. The lowest BCUT2D eigenvalue weighted by molar-refractivity contribution is 1.01. The van der Waals surface area contributed by atoms with Crippen LogP contribution in [0.4, 0.5) is 0 Å². The number of hydrogen-bond acceptors (Lipinski definition) is 0. The Balaban J connectivity index is 2.56. The molecule has 0 spiro atoms. The minimum Gasteiger partial charge on any atom is -0.0786 e. The summed E-state index contributed by atoms with van der Waals surface area (Å²) in [4.78, 5) is 0.277. The predicted molar refractivity (Wildman–Crippen MR) is 96.6 cm³/mol. The molecule has 0 heterocycles. The van der Waals surface area contributed by atoms with E-state index in [4.69, 9.17) is 0 Å². The van der Waals surface area contributed by atoms with Gasteiger partial charge in [0.15, 0.2) is 0 Å². The second-order valence-electron chi connectivity index (χ2n) is 5.92. The van der Waals surface area contributed by atoms with Crippen molar-refractivity contribution in [3.05, 3.63) is 69.3 Å². The van der Waals surface area contributed by atoms with Crippen LogP contribution in [0.25, 0.3) is 0 Å². The maximum Gasteiger partial charge on any atom is 0.0652 e. The fraction of sp³-hybridized carbons (Fsp3) is 0.400.